The molecular weight excluding hydrogens is 330 g/mol. The number of carbonyl (C=O) groups is 3. The number of nitrogens with zero attached hydrogens (tertiary/aromatic N) is 1. The normalized spacial score (nSPS) is 36.2. The maximum atomic E-state index is 12.9. The van der Waals surface area contributed by atoms with Gasteiger partial charge in [0.05, 0.1) is 11.8 Å². The lowest BCUT2D eigenvalue weighted by Gasteiger charge is -2.37. The van der Waals surface area contributed by atoms with Gasteiger partial charge < -0.3 is 4.74 Å². The Balaban J connectivity index is 1.33. The Bertz CT molecular complexity index is 817. The van der Waals surface area contributed by atoms with Gasteiger partial charge in [0.25, 0.3) is 0 Å². The Hall–Kier alpha value is -2.43. The van der Waals surface area contributed by atoms with Crippen LogP contribution in [-0.4, -0.2) is 29.2 Å². The highest BCUT2D eigenvalue weighted by atomic mass is 16.5. The smallest absolute Gasteiger partial charge is 0.331 e. The van der Waals surface area contributed by atoms with Crippen molar-refractivity contribution in [1.82, 2.24) is 4.90 Å². The van der Waals surface area contributed by atoms with Crippen molar-refractivity contribution >= 4 is 17.8 Å². The molecule has 0 spiro atoms. The van der Waals surface area contributed by atoms with Crippen molar-refractivity contribution in [3.63, 3.8) is 0 Å². The quantitative estimate of drug-likeness (QED) is 0.363. The van der Waals surface area contributed by atoms with E-state index in [0.29, 0.717) is 17.6 Å². The average molecular weight is 351 g/mol. The van der Waals surface area contributed by atoms with Crippen LogP contribution < -0.4 is 4.74 Å². The van der Waals surface area contributed by atoms with E-state index in [1.165, 1.54) is 0 Å². The van der Waals surface area contributed by atoms with Crippen LogP contribution in [0.3, 0.4) is 0 Å². The van der Waals surface area contributed by atoms with Gasteiger partial charge in [-0.05, 0) is 67.2 Å². The molecule has 0 N–H and O–H groups in total. The van der Waals surface area contributed by atoms with Crippen LogP contribution in [0, 0.1) is 49.4 Å². The molecule has 5 nitrogen and oxygen atoms in total. The van der Waals surface area contributed by atoms with Crippen LogP contribution in [0.2, 0.25) is 0 Å². The van der Waals surface area contributed by atoms with Crippen LogP contribution in [0.15, 0.2) is 30.4 Å². The van der Waals surface area contributed by atoms with Gasteiger partial charge in [-0.3, -0.25) is 14.5 Å². The molecule has 5 aliphatic rings. The summed E-state index contributed by atoms with van der Waals surface area (Å²) < 4.78 is 5.39. The lowest BCUT2D eigenvalue weighted by atomic mass is 9.63. The van der Waals surface area contributed by atoms with E-state index < -0.39 is 5.97 Å². The Morgan fingerprint density at radius 2 is 1.54 bits per heavy atom. The largest absolute Gasteiger partial charge is 0.425 e. The fourth-order valence-corrected chi connectivity index (χ4v) is 5.46. The lowest BCUT2D eigenvalue weighted by molar-refractivity contribution is -0.148. The number of esters is 1. The molecule has 6 atom stereocenters. The number of ether oxygens (including phenoxy) is 1. The standard InChI is InChI=1S/C21H21NO4/c1-10-5-11(2)7-12(6-10)26-17(23)9-22-20(24)18-13-3-4-14(16-8-15(13)16)19(18)21(22)25/h3-7,13-16,18-19H,8-9H2,1-2H3/t13-,14-,15-,16+,18+,19-/m1/s1. The Labute approximate surface area is 152 Å². The zero-order valence-corrected chi connectivity index (χ0v) is 14.8. The number of benzene rings is 1. The number of carbonyl (C=O) groups excluding carboxylic acids is 3. The maximum absolute atomic E-state index is 12.9. The van der Waals surface area contributed by atoms with E-state index in [1.807, 2.05) is 19.9 Å². The van der Waals surface area contributed by atoms with Gasteiger partial charge in [-0.2, -0.15) is 0 Å². The molecule has 26 heavy (non-hydrogen) atoms. The third-order valence-electron chi connectivity index (χ3n) is 6.47. The van der Waals surface area contributed by atoms with Crippen molar-refractivity contribution < 1.29 is 19.1 Å². The average Bonchev–Trinajstić information content (AvgIpc) is 3.35. The van der Waals surface area contributed by atoms with Crippen molar-refractivity contribution in [2.24, 2.45) is 35.5 Å². The minimum Gasteiger partial charge on any atom is -0.425 e. The highest BCUT2D eigenvalue weighted by Crippen LogP contribution is 2.65. The van der Waals surface area contributed by atoms with Gasteiger partial charge >= 0.3 is 5.97 Å². The Morgan fingerprint density at radius 3 is 2.08 bits per heavy atom. The van der Waals surface area contributed by atoms with E-state index in [9.17, 15) is 14.4 Å². The highest BCUT2D eigenvalue weighted by Gasteiger charge is 2.67. The monoisotopic (exact) mass is 351 g/mol. The van der Waals surface area contributed by atoms with Crippen molar-refractivity contribution in [3.05, 3.63) is 41.5 Å². The van der Waals surface area contributed by atoms with Crippen LogP contribution in [0.25, 0.3) is 0 Å². The van der Waals surface area contributed by atoms with Crippen molar-refractivity contribution in [2.45, 2.75) is 20.3 Å². The lowest BCUT2D eigenvalue weighted by Crippen LogP contribution is -2.40. The molecule has 5 heteroatoms. The van der Waals surface area contributed by atoms with E-state index in [2.05, 4.69) is 12.2 Å². The van der Waals surface area contributed by atoms with Crippen molar-refractivity contribution in [3.8, 4) is 5.75 Å². The predicted molar refractivity (Wildman–Crippen MR) is 93.0 cm³/mol. The SMILES string of the molecule is Cc1cc(C)cc(OC(=O)CN2C(=O)[C@@H]3[C@@H]4C=C[C@H]([C@H]5C[C@@H]45)[C@@H]3C2=O)c1. The summed E-state index contributed by atoms with van der Waals surface area (Å²) in [6, 6.07) is 5.54. The molecule has 6 rings (SSSR count). The minimum atomic E-state index is -0.569. The molecule has 1 heterocycles. The fraction of sp³-hybridized carbons (Fsp3) is 0.476. The second kappa shape index (κ2) is 5.29. The second-order valence-electron chi connectivity index (χ2n) is 8.21. The number of likely N-dealkylation sites (tertiary alicyclic amines) is 1. The summed E-state index contributed by atoms with van der Waals surface area (Å²) in [4.78, 5) is 39.2. The number of hydrogen-bond acceptors (Lipinski definition) is 4. The van der Waals surface area contributed by atoms with E-state index in [-0.39, 0.29) is 42.0 Å². The molecule has 1 aromatic rings. The van der Waals surface area contributed by atoms with Gasteiger partial charge in [-0.25, -0.2) is 4.79 Å². The number of allylic oxidation sites excluding steroid dienone is 2. The number of hydrogen-bond donors (Lipinski definition) is 0. The van der Waals surface area contributed by atoms with Gasteiger partial charge in [0, 0.05) is 0 Å². The summed E-state index contributed by atoms with van der Waals surface area (Å²) in [7, 11) is 0. The van der Waals surface area contributed by atoms with Gasteiger partial charge in [-0.1, -0.05) is 18.2 Å². The van der Waals surface area contributed by atoms with Gasteiger partial charge in [0.15, 0.2) is 0 Å². The molecule has 2 bridgehead atoms. The summed E-state index contributed by atoms with van der Waals surface area (Å²) in [6.45, 7) is 3.56. The topological polar surface area (TPSA) is 63.7 Å². The zero-order chi connectivity index (χ0) is 18.2. The predicted octanol–water partition coefficient (Wildman–Crippen LogP) is 2.26. The molecule has 3 fully saturated rings. The number of imide groups is 1. The summed E-state index contributed by atoms with van der Waals surface area (Å²) in [6.07, 6.45) is 5.38. The van der Waals surface area contributed by atoms with Crippen LogP contribution in [0.1, 0.15) is 17.5 Å². The molecule has 2 amide bonds. The summed E-state index contributed by atoms with van der Waals surface area (Å²) in [5.74, 6) is 0.427. The fourth-order valence-electron chi connectivity index (χ4n) is 5.46. The first-order valence-electron chi connectivity index (χ1n) is 9.26. The van der Waals surface area contributed by atoms with E-state index >= 15 is 0 Å². The van der Waals surface area contributed by atoms with Crippen molar-refractivity contribution in [1.29, 1.82) is 0 Å². The Kier molecular flexibility index (Phi) is 3.21. The first-order valence-corrected chi connectivity index (χ1v) is 9.26. The number of aryl methyl sites for hydroxylation is 2. The zero-order valence-electron chi connectivity index (χ0n) is 14.8. The first-order chi connectivity index (χ1) is 12.4. The molecule has 134 valence electrons. The third kappa shape index (κ3) is 2.19. The summed E-state index contributed by atoms with van der Waals surface area (Å²) >= 11 is 0. The van der Waals surface area contributed by atoms with Crippen LogP contribution in [0.5, 0.6) is 5.75 Å². The maximum Gasteiger partial charge on any atom is 0.331 e. The molecule has 4 aliphatic carbocycles. The summed E-state index contributed by atoms with van der Waals surface area (Å²) in [5, 5.41) is 0. The van der Waals surface area contributed by atoms with Crippen molar-refractivity contribution in [2.75, 3.05) is 6.54 Å². The molecular formula is C21H21NO4. The highest BCUT2D eigenvalue weighted by molar-refractivity contribution is 6.08. The molecule has 0 aromatic heterocycles. The molecule has 1 saturated heterocycles. The van der Waals surface area contributed by atoms with E-state index in [1.54, 1.807) is 12.1 Å². The van der Waals surface area contributed by atoms with Gasteiger partial charge in [0.2, 0.25) is 11.8 Å². The summed E-state index contributed by atoms with van der Waals surface area (Å²) in [5.41, 5.74) is 1.99. The van der Waals surface area contributed by atoms with Crippen LogP contribution in [-0.2, 0) is 14.4 Å². The van der Waals surface area contributed by atoms with E-state index in [0.717, 1.165) is 22.4 Å². The number of rotatable bonds is 3. The third-order valence-corrected chi connectivity index (χ3v) is 6.47. The first kappa shape index (κ1) is 15.8. The number of amides is 2. The molecule has 1 aromatic carbocycles. The second-order valence-corrected chi connectivity index (χ2v) is 8.21. The van der Waals surface area contributed by atoms with Crippen LogP contribution >= 0.6 is 0 Å². The molecule has 2 saturated carbocycles. The van der Waals surface area contributed by atoms with Crippen LogP contribution in [0.4, 0.5) is 0 Å². The Morgan fingerprint density at radius 1 is 1.00 bits per heavy atom. The van der Waals surface area contributed by atoms with Gasteiger partial charge in [-0.15, -0.1) is 0 Å². The molecule has 0 radical (unpaired) electrons. The molecule has 1 aliphatic heterocycles. The minimum absolute atomic E-state index is 0.173. The molecule has 0 unspecified atom stereocenters. The van der Waals surface area contributed by atoms with Gasteiger partial charge in [0.1, 0.15) is 12.3 Å². The van der Waals surface area contributed by atoms with E-state index in [4.69, 9.17) is 4.74 Å².